The molecule has 4 nitrogen and oxygen atoms in total. The van der Waals surface area contributed by atoms with Crippen LogP contribution in [0.2, 0.25) is 0 Å². The number of alkyl halides is 1. The number of halogens is 1. The molecule has 0 unspecified atom stereocenters. The maximum absolute atomic E-state index is 11.1. The fraction of sp³-hybridized carbons (Fsp3) is 0.462. The van der Waals surface area contributed by atoms with Crippen LogP contribution in [0.5, 0.6) is 11.5 Å². The summed E-state index contributed by atoms with van der Waals surface area (Å²) in [5, 5.41) is 0. The standard InChI is InChI=1S/C13H17BrO4/c1-2-16-13(15)7-4-8-17-11-5-3-6-12(9-11)18-10-14/h3,5-6,9H,2,4,7-8,10H2,1H3. The van der Waals surface area contributed by atoms with Crippen molar-refractivity contribution in [2.45, 2.75) is 19.8 Å². The molecule has 0 heterocycles. The molecular formula is C13H17BrO4. The molecule has 1 aromatic rings. The van der Waals surface area contributed by atoms with E-state index in [1.54, 1.807) is 6.92 Å². The number of ether oxygens (including phenoxy) is 3. The van der Waals surface area contributed by atoms with Crippen molar-refractivity contribution >= 4 is 21.9 Å². The molecule has 1 aromatic carbocycles. The van der Waals surface area contributed by atoms with Crippen LogP contribution in [0.3, 0.4) is 0 Å². The van der Waals surface area contributed by atoms with Crippen molar-refractivity contribution < 1.29 is 19.0 Å². The molecule has 1 rings (SSSR count). The van der Waals surface area contributed by atoms with E-state index in [0.717, 1.165) is 11.5 Å². The smallest absolute Gasteiger partial charge is 0.305 e. The number of benzene rings is 1. The number of hydrogen-bond acceptors (Lipinski definition) is 4. The lowest BCUT2D eigenvalue weighted by molar-refractivity contribution is -0.143. The van der Waals surface area contributed by atoms with Gasteiger partial charge in [-0.2, -0.15) is 0 Å². The summed E-state index contributed by atoms with van der Waals surface area (Å²) >= 11 is 3.19. The quantitative estimate of drug-likeness (QED) is 0.420. The fourth-order valence-corrected chi connectivity index (χ4v) is 1.62. The van der Waals surface area contributed by atoms with Crippen LogP contribution in [-0.2, 0) is 9.53 Å². The van der Waals surface area contributed by atoms with E-state index in [4.69, 9.17) is 14.2 Å². The van der Waals surface area contributed by atoms with E-state index in [1.807, 2.05) is 24.3 Å². The van der Waals surface area contributed by atoms with E-state index in [9.17, 15) is 4.79 Å². The zero-order chi connectivity index (χ0) is 13.2. The van der Waals surface area contributed by atoms with Gasteiger partial charge in [-0.3, -0.25) is 4.79 Å². The second-order valence-corrected chi connectivity index (χ2v) is 3.94. The van der Waals surface area contributed by atoms with Crippen LogP contribution in [0, 0.1) is 0 Å². The van der Waals surface area contributed by atoms with Crippen LogP contribution >= 0.6 is 15.9 Å². The zero-order valence-electron chi connectivity index (χ0n) is 10.4. The van der Waals surface area contributed by atoms with E-state index in [2.05, 4.69) is 15.9 Å². The van der Waals surface area contributed by atoms with Crippen LogP contribution in [0.4, 0.5) is 0 Å². The Balaban J connectivity index is 2.26. The van der Waals surface area contributed by atoms with Gasteiger partial charge in [0.05, 0.1) is 13.2 Å². The van der Waals surface area contributed by atoms with Crippen molar-refractivity contribution in [3.8, 4) is 11.5 Å². The fourth-order valence-electron chi connectivity index (χ4n) is 1.36. The van der Waals surface area contributed by atoms with Crippen molar-refractivity contribution in [3.63, 3.8) is 0 Å². The molecule has 0 spiro atoms. The van der Waals surface area contributed by atoms with Crippen molar-refractivity contribution in [2.24, 2.45) is 0 Å². The SMILES string of the molecule is CCOC(=O)CCCOc1cccc(OCBr)c1. The number of rotatable bonds is 8. The van der Waals surface area contributed by atoms with Gasteiger partial charge < -0.3 is 14.2 Å². The van der Waals surface area contributed by atoms with Crippen LogP contribution in [0.15, 0.2) is 24.3 Å². The van der Waals surface area contributed by atoms with Gasteiger partial charge in [0.25, 0.3) is 0 Å². The van der Waals surface area contributed by atoms with Crippen molar-refractivity contribution in [3.05, 3.63) is 24.3 Å². The largest absolute Gasteiger partial charge is 0.493 e. The van der Waals surface area contributed by atoms with Gasteiger partial charge in [0.1, 0.15) is 17.0 Å². The summed E-state index contributed by atoms with van der Waals surface area (Å²) < 4.78 is 15.6. The summed E-state index contributed by atoms with van der Waals surface area (Å²) in [6.45, 7) is 2.70. The van der Waals surface area contributed by atoms with Gasteiger partial charge in [0.2, 0.25) is 0 Å². The van der Waals surface area contributed by atoms with Crippen LogP contribution in [-0.4, -0.2) is 24.7 Å². The highest BCUT2D eigenvalue weighted by molar-refractivity contribution is 9.09. The first kappa shape index (κ1) is 14.8. The van der Waals surface area contributed by atoms with Crippen LogP contribution in [0.1, 0.15) is 19.8 Å². The van der Waals surface area contributed by atoms with E-state index < -0.39 is 0 Å². The Bertz CT molecular complexity index is 368. The predicted molar refractivity (Wildman–Crippen MR) is 72.2 cm³/mol. The molecule has 0 amide bonds. The van der Waals surface area contributed by atoms with Gasteiger partial charge in [0, 0.05) is 12.5 Å². The summed E-state index contributed by atoms with van der Waals surface area (Å²) in [5.41, 5.74) is 0.444. The first-order valence-electron chi connectivity index (χ1n) is 5.83. The number of carbonyl (C=O) groups is 1. The molecular weight excluding hydrogens is 300 g/mol. The van der Waals surface area contributed by atoms with Gasteiger partial charge in [-0.25, -0.2) is 0 Å². The van der Waals surface area contributed by atoms with E-state index in [0.29, 0.717) is 31.6 Å². The van der Waals surface area contributed by atoms with Gasteiger partial charge in [-0.05, 0) is 41.4 Å². The second-order valence-electron chi connectivity index (χ2n) is 3.49. The lowest BCUT2D eigenvalue weighted by Gasteiger charge is -2.08. The Morgan fingerprint density at radius 1 is 1.28 bits per heavy atom. The third-order valence-corrected chi connectivity index (χ3v) is 2.35. The highest BCUT2D eigenvalue weighted by Gasteiger charge is 2.02. The van der Waals surface area contributed by atoms with Crippen molar-refractivity contribution in [2.75, 3.05) is 18.7 Å². The Morgan fingerprint density at radius 2 is 2.00 bits per heavy atom. The third kappa shape index (κ3) is 5.91. The second kappa shape index (κ2) is 8.80. The average Bonchev–Trinajstić information content (AvgIpc) is 2.36. The molecule has 100 valence electrons. The predicted octanol–water partition coefficient (Wildman–Crippen LogP) is 3.14. The lowest BCUT2D eigenvalue weighted by atomic mass is 10.3. The number of hydrogen-bond donors (Lipinski definition) is 0. The maximum atomic E-state index is 11.1. The molecule has 0 fully saturated rings. The molecule has 0 aliphatic heterocycles. The molecule has 18 heavy (non-hydrogen) atoms. The minimum Gasteiger partial charge on any atom is -0.493 e. The normalized spacial score (nSPS) is 9.89. The molecule has 5 heteroatoms. The minimum absolute atomic E-state index is 0.183. The maximum Gasteiger partial charge on any atom is 0.305 e. The van der Waals surface area contributed by atoms with Crippen LogP contribution in [0.25, 0.3) is 0 Å². The third-order valence-electron chi connectivity index (χ3n) is 2.13. The van der Waals surface area contributed by atoms with Gasteiger partial charge >= 0.3 is 5.97 Å². The van der Waals surface area contributed by atoms with E-state index in [-0.39, 0.29) is 5.97 Å². The number of esters is 1. The Morgan fingerprint density at radius 3 is 2.67 bits per heavy atom. The molecule has 0 radical (unpaired) electrons. The molecule has 0 atom stereocenters. The molecule has 0 saturated carbocycles. The molecule has 0 aromatic heterocycles. The van der Waals surface area contributed by atoms with Gasteiger partial charge in [-0.1, -0.05) is 6.07 Å². The Hall–Kier alpha value is -1.23. The van der Waals surface area contributed by atoms with Gasteiger partial charge in [0.15, 0.2) is 0 Å². The van der Waals surface area contributed by atoms with Crippen LogP contribution < -0.4 is 9.47 Å². The van der Waals surface area contributed by atoms with Crippen molar-refractivity contribution in [1.82, 2.24) is 0 Å². The summed E-state index contributed by atoms with van der Waals surface area (Å²) in [5.74, 6) is 1.30. The molecule has 0 N–H and O–H groups in total. The lowest BCUT2D eigenvalue weighted by Crippen LogP contribution is -2.06. The summed E-state index contributed by atoms with van der Waals surface area (Å²) in [6.07, 6.45) is 1.02. The zero-order valence-corrected chi connectivity index (χ0v) is 11.9. The monoisotopic (exact) mass is 316 g/mol. The number of carbonyl (C=O) groups excluding carboxylic acids is 1. The topological polar surface area (TPSA) is 44.8 Å². The van der Waals surface area contributed by atoms with Gasteiger partial charge in [-0.15, -0.1) is 0 Å². The molecule has 0 saturated heterocycles. The van der Waals surface area contributed by atoms with Crippen molar-refractivity contribution in [1.29, 1.82) is 0 Å². The van der Waals surface area contributed by atoms with E-state index in [1.165, 1.54) is 0 Å². The summed E-state index contributed by atoms with van der Waals surface area (Å²) in [7, 11) is 0. The molecule has 0 bridgehead atoms. The minimum atomic E-state index is -0.183. The Labute approximate surface area is 115 Å². The first-order chi connectivity index (χ1) is 8.76. The molecule has 0 aliphatic carbocycles. The first-order valence-corrected chi connectivity index (χ1v) is 6.95. The summed E-state index contributed by atoms with van der Waals surface area (Å²) in [4.78, 5) is 11.1. The highest BCUT2D eigenvalue weighted by Crippen LogP contribution is 2.19. The average molecular weight is 317 g/mol. The highest BCUT2D eigenvalue weighted by atomic mass is 79.9. The summed E-state index contributed by atoms with van der Waals surface area (Å²) in [6, 6.07) is 7.38. The Kier molecular flexibility index (Phi) is 7.25. The van der Waals surface area contributed by atoms with E-state index >= 15 is 0 Å². The molecule has 0 aliphatic rings.